The van der Waals surface area contributed by atoms with Crippen LogP contribution in [0.5, 0.6) is 17.2 Å². The van der Waals surface area contributed by atoms with Crippen molar-refractivity contribution in [1.29, 1.82) is 0 Å². The molecule has 0 radical (unpaired) electrons. The number of amides is 1. The number of carbonyl (C=O) groups is 1. The standard InChI is InChI=1S/C29H23F2N3O5S/c1-16-24(26(36)33-19-9-4-3-5-10-19)25(18-12-13-20(35)22(14-18)38-2)34-27(37)23(40-29(34)32-16)15-17-8-6-7-11-21(17)39-28(30)31/h3-15,25,28,35H,1-2H3,(H,33,36). The van der Waals surface area contributed by atoms with Crippen LogP contribution in [-0.4, -0.2) is 29.3 Å². The summed E-state index contributed by atoms with van der Waals surface area (Å²) in [6.07, 6.45) is 1.46. The number of carbonyl (C=O) groups excluding carboxylic acids is 1. The fourth-order valence-corrected chi connectivity index (χ4v) is 5.49. The molecule has 0 spiro atoms. The molecule has 8 nitrogen and oxygen atoms in total. The molecule has 0 saturated carbocycles. The van der Waals surface area contributed by atoms with Crippen molar-refractivity contribution < 1.29 is 28.2 Å². The highest BCUT2D eigenvalue weighted by molar-refractivity contribution is 7.07. The molecule has 2 N–H and O–H groups in total. The number of hydrogen-bond acceptors (Lipinski definition) is 7. The molecule has 1 aromatic heterocycles. The Morgan fingerprint density at radius 3 is 2.55 bits per heavy atom. The van der Waals surface area contributed by atoms with Crippen LogP contribution in [0.15, 0.2) is 93.9 Å². The maximum Gasteiger partial charge on any atom is 0.387 e. The number of alkyl halides is 2. The molecule has 11 heteroatoms. The molecule has 40 heavy (non-hydrogen) atoms. The van der Waals surface area contributed by atoms with Gasteiger partial charge in [0, 0.05) is 11.3 Å². The summed E-state index contributed by atoms with van der Waals surface area (Å²) >= 11 is 1.06. The summed E-state index contributed by atoms with van der Waals surface area (Å²) in [5.41, 5.74) is 1.47. The smallest absolute Gasteiger partial charge is 0.387 e. The normalized spacial score (nSPS) is 15.0. The number of hydrogen-bond donors (Lipinski definition) is 2. The Hall–Kier alpha value is -4.77. The summed E-state index contributed by atoms with van der Waals surface area (Å²) < 4.78 is 37.4. The number of para-hydroxylation sites is 2. The average Bonchev–Trinajstić information content (AvgIpc) is 3.23. The molecule has 1 aliphatic heterocycles. The van der Waals surface area contributed by atoms with Gasteiger partial charge in [0.15, 0.2) is 16.3 Å². The van der Waals surface area contributed by atoms with Crippen molar-refractivity contribution in [2.45, 2.75) is 19.6 Å². The number of methoxy groups -OCH3 is 1. The third-order valence-corrected chi connectivity index (χ3v) is 7.22. The fourth-order valence-electron chi connectivity index (χ4n) is 4.46. The van der Waals surface area contributed by atoms with Gasteiger partial charge < -0.3 is 19.9 Å². The van der Waals surface area contributed by atoms with Crippen LogP contribution < -0.4 is 29.7 Å². The van der Waals surface area contributed by atoms with Gasteiger partial charge in [-0.25, -0.2) is 4.99 Å². The van der Waals surface area contributed by atoms with E-state index in [9.17, 15) is 23.5 Å². The largest absolute Gasteiger partial charge is 0.504 e. The number of nitrogens with one attached hydrogen (secondary N) is 1. The number of thiazole rings is 1. The first-order valence-corrected chi connectivity index (χ1v) is 12.9. The van der Waals surface area contributed by atoms with E-state index in [0.717, 1.165) is 11.3 Å². The molecule has 1 amide bonds. The van der Waals surface area contributed by atoms with Gasteiger partial charge in [0.2, 0.25) is 0 Å². The zero-order valence-electron chi connectivity index (χ0n) is 21.3. The van der Waals surface area contributed by atoms with Crippen molar-refractivity contribution in [3.05, 3.63) is 115 Å². The Bertz CT molecular complexity index is 1800. The van der Waals surface area contributed by atoms with Crippen LogP contribution in [0.4, 0.5) is 14.5 Å². The summed E-state index contributed by atoms with van der Waals surface area (Å²) in [6.45, 7) is -1.36. The summed E-state index contributed by atoms with van der Waals surface area (Å²) in [6, 6.07) is 18.6. The second-order valence-electron chi connectivity index (χ2n) is 8.75. The summed E-state index contributed by atoms with van der Waals surface area (Å²) in [5.74, 6) is -0.489. The molecule has 3 aromatic carbocycles. The molecule has 204 valence electrons. The van der Waals surface area contributed by atoms with E-state index in [0.29, 0.717) is 21.7 Å². The van der Waals surface area contributed by atoms with Gasteiger partial charge in [-0.2, -0.15) is 8.78 Å². The number of nitrogens with zero attached hydrogens (tertiary/aromatic N) is 2. The number of fused-ring (bicyclic) bond motifs is 1. The van der Waals surface area contributed by atoms with E-state index < -0.39 is 24.1 Å². The lowest BCUT2D eigenvalue weighted by atomic mass is 9.94. The first-order chi connectivity index (χ1) is 19.3. The third-order valence-electron chi connectivity index (χ3n) is 6.24. The number of aromatic nitrogens is 1. The molecule has 1 unspecified atom stereocenters. The number of phenols is 1. The molecule has 5 rings (SSSR count). The van der Waals surface area contributed by atoms with Gasteiger partial charge in [-0.3, -0.25) is 14.2 Å². The maximum atomic E-state index is 13.8. The van der Waals surface area contributed by atoms with E-state index in [1.54, 1.807) is 61.5 Å². The summed E-state index contributed by atoms with van der Waals surface area (Å²) in [4.78, 5) is 32.4. The molecule has 0 saturated heterocycles. The van der Waals surface area contributed by atoms with E-state index in [1.807, 2.05) is 6.07 Å². The second-order valence-corrected chi connectivity index (χ2v) is 9.76. The van der Waals surface area contributed by atoms with Crippen LogP contribution in [-0.2, 0) is 4.79 Å². The lowest BCUT2D eigenvalue weighted by Crippen LogP contribution is -2.40. The zero-order valence-corrected chi connectivity index (χ0v) is 22.1. The van der Waals surface area contributed by atoms with Crippen LogP contribution >= 0.6 is 11.3 Å². The van der Waals surface area contributed by atoms with Gasteiger partial charge in [0.25, 0.3) is 11.5 Å². The summed E-state index contributed by atoms with van der Waals surface area (Å²) in [5, 5.41) is 13.0. The van der Waals surface area contributed by atoms with Gasteiger partial charge in [-0.05, 0) is 48.9 Å². The highest BCUT2D eigenvalue weighted by Crippen LogP contribution is 2.35. The highest BCUT2D eigenvalue weighted by atomic mass is 32.1. The van der Waals surface area contributed by atoms with Crippen LogP contribution in [0.2, 0.25) is 0 Å². The Morgan fingerprint density at radius 2 is 1.82 bits per heavy atom. The molecular weight excluding hydrogens is 540 g/mol. The maximum absolute atomic E-state index is 13.8. The minimum atomic E-state index is -3.03. The molecular formula is C29H23F2N3O5S. The van der Waals surface area contributed by atoms with Gasteiger partial charge in [0.05, 0.1) is 29.0 Å². The lowest BCUT2D eigenvalue weighted by molar-refractivity contribution is -0.113. The molecule has 1 aliphatic rings. The second kappa shape index (κ2) is 11.1. The van der Waals surface area contributed by atoms with E-state index in [2.05, 4.69) is 15.0 Å². The highest BCUT2D eigenvalue weighted by Gasteiger charge is 2.33. The van der Waals surface area contributed by atoms with Crippen molar-refractivity contribution >= 4 is 29.0 Å². The van der Waals surface area contributed by atoms with E-state index in [-0.39, 0.29) is 32.9 Å². The van der Waals surface area contributed by atoms with Crippen molar-refractivity contribution in [2.24, 2.45) is 4.99 Å². The lowest BCUT2D eigenvalue weighted by Gasteiger charge is -2.25. The van der Waals surface area contributed by atoms with Gasteiger partial charge in [-0.15, -0.1) is 0 Å². The molecule has 1 atom stereocenters. The van der Waals surface area contributed by atoms with Crippen molar-refractivity contribution in [1.82, 2.24) is 4.57 Å². The van der Waals surface area contributed by atoms with Crippen LogP contribution in [0, 0.1) is 0 Å². The third kappa shape index (κ3) is 5.23. The van der Waals surface area contributed by atoms with Crippen molar-refractivity contribution in [2.75, 3.05) is 12.4 Å². The quantitative estimate of drug-likeness (QED) is 0.351. The fraction of sp³-hybridized carbons (Fsp3) is 0.138. The topological polar surface area (TPSA) is 102 Å². The van der Waals surface area contributed by atoms with Gasteiger partial charge in [-0.1, -0.05) is 53.8 Å². The molecule has 0 aliphatic carbocycles. The first-order valence-electron chi connectivity index (χ1n) is 12.1. The average molecular weight is 564 g/mol. The predicted molar refractivity (Wildman–Crippen MR) is 147 cm³/mol. The van der Waals surface area contributed by atoms with Gasteiger partial charge >= 0.3 is 6.61 Å². The van der Waals surface area contributed by atoms with E-state index in [1.165, 1.54) is 29.9 Å². The number of benzene rings is 3. The molecule has 0 fully saturated rings. The van der Waals surface area contributed by atoms with Crippen molar-refractivity contribution in [3.8, 4) is 17.2 Å². The Labute approximate surface area is 230 Å². The minimum Gasteiger partial charge on any atom is -0.504 e. The van der Waals surface area contributed by atoms with Gasteiger partial charge in [0.1, 0.15) is 5.75 Å². The Balaban J connectivity index is 1.70. The molecule has 2 heterocycles. The van der Waals surface area contributed by atoms with Crippen LogP contribution in [0.3, 0.4) is 0 Å². The number of halogens is 2. The molecule has 0 bridgehead atoms. The number of rotatable bonds is 7. The van der Waals surface area contributed by atoms with Crippen molar-refractivity contribution in [3.63, 3.8) is 0 Å². The summed E-state index contributed by atoms with van der Waals surface area (Å²) in [7, 11) is 1.40. The monoisotopic (exact) mass is 563 g/mol. The van der Waals surface area contributed by atoms with E-state index >= 15 is 0 Å². The SMILES string of the molecule is COc1cc(C2C(C(=O)Nc3ccccc3)=C(C)N=c3sc(=Cc4ccccc4OC(F)F)c(=O)n32)ccc1O. The number of anilines is 1. The van der Waals surface area contributed by atoms with Crippen LogP contribution in [0.25, 0.3) is 6.08 Å². The first kappa shape index (κ1) is 26.8. The number of allylic oxidation sites excluding steroid dienone is 1. The number of phenolic OH excluding ortho intramolecular Hbond substituents is 1. The zero-order chi connectivity index (χ0) is 28.4. The molecule has 4 aromatic rings. The predicted octanol–water partition coefficient (Wildman–Crippen LogP) is 4.19. The van der Waals surface area contributed by atoms with E-state index in [4.69, 9.17) is 4.74 Å². The minimum absolute atomic E-state index is 0.0812. The van der Waals surface area contributed by atoms with Crippen LogP contribution in [0.1, 0.15) is 24.1 Å². The number of aromatic hydroxyl groups is 1. The Kier molecular flexibility index (Phi) is 7.47. The number of ether oxygens (including phenoxy) is 2. The Morgan fingerprint density at radius 1 is 1.10 bits per heavy atom.